The molecule has 1 heterocycles. The van der Waals surface area contributed by atoms with Crippen molar-refractivity contribution < 1.29 is 5.11 Å². The maximum atomic E-state index is 9.86. The molecule has 0 fully saturated rings. The molecule has 0 aliphatic heterocycles. The lowest BCUT2D eigenvalue weighted by Crippen LogP contribution is -1.90. The number of aromatic hydroxyl groups is 1. The summed E-state index contributed by atoms with van der Waals surface area (Å²) in [7, 11) is 0. The van der Waals surface area contributed by atoms with E-state index in [1.807, 2.05) is 24.3 Å². The standard InChI is InChI=1S/C18H17NOS/c20-17-12-5-4-11-16(17)18-19-15(13-21-18)10-6-9-14-7-2-1-3-8-14/h1-5,7-8,11-13,20H,6,9-10H2. The molecule has 2 nitrogen and oxygen atoms in total. The Labute approximate surface area is 128 Å². The van der Waals surface area contributed by atoms with E-state index >= 15 is 0 Å². The van der Waals surface area contributed by atoms with Crippen LogP contribution in [0, 0.1) is 0 Å². The smallest absolute Gasteiger partial charge is 0.127 e. The Bertz CT molecular complexity index is 706. The molecule has 3 rings (SSSR count). The van der Waals surface area contributed by atoms with Crippen LogP contribution >= 0.6 is 11.3 Å². The molecule has 21 heavy (non-hydrogen) atoms. The first-order valence-electron chi connectivity index (χ1n) is 7.09. The Hall–Kier alpha value is -2.13. The number of benzene rings is 2. The minimum atomic E-state index is 0.294. The van der Waals surface area contributed by atoms with Gasteiger partial charge in [0.15, 0.2) is 0 Å². The molecule has 1 N–H and O–H groups in total. The number of rotatable bonds is 5. The van der Waals surface area contributed by atoms with Crippen molar-refractivity contribution in [3.8, 4) is 16.3 Å². The summed E-state index contributed by atoms with van der Waals surface area (Å²) < 4.78 is 0. The molecule has 1 aromatic heterocycles. The van der Waals surface area contributed by atoms with Gasteiger partial charge < -0.3 is 5.11 Å². The number of nitrogens with zero attached hydrogens (tertiary/aromatic N) is 1. The highest BCUT2D eigenvalue weighted by atomic mass is 32.1. The Morgan fingerprint density at radius 1 is 0.905 bits per heavy atom. The van der Waals surface area contributed by atoms with Gasteiger partial charge in [0.05, 0.1) is 11.3 Å². The van der Waals surface area contributed by atoms with Gasteiger partial charge in [-0.05, 0) is 37.0 Å². The van der Waals surface area contributed by atoms with Crippen LogP contribution in [-0.4, -0.2) is 10.1 Å². The fourth-order valence-electron chi connectivity index (χ4n) is 2.32. The summed E-state index contributed by atoms with van der Waals surface area (Å²) >= 11 is 1.59. The lowest BCUT2D eigenvalue weighted by Gasteiger charge is -2.00. The average Bonchev–Trinajstić information content (AvgIpc) is 2.97. The van der Waals surface area contributed by atoms with Gasteiger partial charge in [-0.15, -0.1) is 11.3 Å². The predicted molar refractivity (Wildman–Crippen MR) is 87.7 cm³/mol. The van der Waals surface area contributed by atoms with Gasteiger partial charge in [-0.25, -0.2) is 4.98 Å². The summed E-state index contributed by atoms with van der Waals surface area (Å²) in [6.07, 6.45) is 3.14. The molecule has 2 aromatic carbocycles. The third-order valence-corrected chi connectivity index (χ3v) is 4.35. The molecule has 3 heteroatoms. The summed E-state index contributed by atoms with van der Waals surface area (Å²) in [6, 6.07) is 17.9. The molecule has 0 amide bonds. The second kappa shape index (κ2) is 6.55. The first-order chi connectivity index (χ1) is 10.3. The van der Waals surface area contributed by atoms with Crippen LogP contribution in [0.25, 0.3) is 10.6 Å². The molecule has 0 saturated heterocycles. The summed E-state index contributed by atoms with van der Waals surface area (Å²) in [6.45, 7) is 0. The van der Waals surface area contributed by atoms with Crippen LogP contribution < -0.4 is 0 Å². The van der Waals surface area contributed by atoms with Crippen molar-refractivity contribution in [3.05, 3.63) is 71.2 Å². The molecule has 0 spiro atoms. The van der Waals surface area contributed by atoms with E-state index in [0.717, 1.165) is 35.5 Å². The number of hydrogen-bond acceptors (Lipinski definition) is 3. The van der Waals surface area contributed by atoms with Gasteiger partial charge in [0.25, 0.3) is 0 Å². The summed E-state index contributed by atoms with van der Waals surface area (Å²) in [4.78, 5) is 4.63. The third-order valence-electron chi connectivity index (χ3n) is 3.43. The predicted octanol–water partition coefficient (Wildman–Crippen LogP) is 4.69. The number of thiazole rings is 1. The molecule has 3 aromatic rings. The van der Waals surface area contributed by atoms with Crippen LogP contribution in [-0.2, 0) is 12.8 Å². The summed E-state index contributed by atoms with van der Waals surface area (Å²) in [5.41, 5.74) is 3.29. The number of phenols is 1. The van der Waals surface area contributed by atoms with E-state index in [0.29, 0.717) is 5.75 Å². The van der Waals surface area contributed by atoms with E-state index in [-0.39, 0.29) is 0 Å². The molecule has 0 aliphatic carbocycles. The lowest BCUT2D eigenvalue weighted by molar-refractivity contribution is 0.477. The number of aryl methyl sites for hydroxylation is 2. The Morgan fingerprint density at radius 3 is 2.48 bits per heavy atom. The zero-order valence-electron chi connectivity index (χ0n) is 11.7. The normalized spacial score (nSPS) is 10.7. The van der Waals surface area contributed by atoms with Gasteiger partial charge in [-0.3, -0.25) is 0 Å². The lowest BCUT2D eigenvalue weighted by atomic mass is 10.1. The van der Waals surface area contributed by atoms with Crippen molar-refractivity contribution in [1.29, 1.82) is 0 Å². The molecular formula is C18H17NOS. The SMILES string of the molecule is Oc1ccccc1-c1nc(CCCc2ccccc2)cs1. The number of phenolic OH excluding ortho intramolecular Hbond substituents is 1. The molecule has 0 aliphatic rings. The highest BCUT2D eigenvalue weighted by molar-refractivity contribution is 7.13. The van der Waals surface area contributed by atoms with Crippen LogP contribution in [0.4, 0.5) is 0 Å². The van der Waals surface area contributed by atoms with Gasteiger partial charge in [-0.2, -0.15) is 0 Å². The van der Waals surface area contributed by atoms with Crippen molar-refractivity contribution in [2.24, 2.45) is 0 Å². The molecule has 0 atom stereocenters. The quantitative estimate of drug-likeness (QED) is 0.740. The topological polar surface area (TPSA) is 33.1 Å². The zero-order valence-corrected chi connectivity index (χ0v) is 12.5. The van der Waals surface area contributed by atoms with Crippen LogP contribution in [0.15, 0.2) is 60.0 Å². The van der Waals surface area contributed by atoms with Crippen LogP contribution in [0.2, 0.25) is 0 Å². The van der Waals surface area contributed by atoms with Gasteiger partial charge in [0, 0.05) is 5.38 Å². The van der Waals surface area contributed by atoms with Gasteiger partial charge >= 0.3 is 0 Å². The first-order valence-corrected chi connectivity index (χ1v) is 7.97. The molecule has 0 saturated carbocycles. The van der Waals surface area contributed by atoms with E-state index in [4.69, 9.17) is 0 Å². The van der Waals surface area contributed by atoms with Crippen molar-refractivity contribution in [1.82, 2.24) is 4.98 Å². The zero-order chi connectivity index (χ0) is 14.5. The maximum Gasteiger partial charge on any atom is 0.127 e. The third kappa shape index (κ3) is 3.50. The number of para-hydroxylation sites is 1. The van der Waals surface area contributed by atoms with Gasteiger partial charge in [-0.1, -0.05) is 42.5 Å². The van der Waals surface area contributed by atoms with Crippen molar-refractivity contribution in [3.63, 3.8) is 0 Å². The molecular weight excluding hydrogens is 278 g/mol. The minimum absolute atomic E-state index is 0.294. The molecule has 0 bridgehead atoms. The van der Waals surface area contributed by atoms with Crippen LogP contribution in [0.3, 0.4) is 0 Å². The highest BCUT2D eigenvalue weighted by Gasteiger charge is 2.08. The average molecular weight is 295 g/mol. The maximum absolute atomic E-state index is 9.86. The second-order valence-corrected chi connectivity index (χ2v) is 5.86. The molecule has 106 valence electrons. The molecule has 0 radical (unpaired) electrons. The van der Waals surface area contributed by atoms with E-state index in [1.54, 1.807) is 17.4 Å². The van der Waals surface area contributed by atoms with E-state index < -0.39 is 0 Å². The largest absolute Gasteiger partial charge is 0.507 e. The first kappa shape index (κ1) is 13.8. The van der Waals surface area contributed by atoms with Crippen molar-refractivity contribution in [2.45, 2.75) is 19.3 Å². The Balaban J connectivity index is 1.62. The van der Waals surface area contributed by atoms with Crippen LogP contribution in [0.5, 0.6) is 5.75 Å². The van der Waals surface area contributed by atoms with E-state index in [1.165, 1.54) is 5.56 Å². The fourth-order valence-corrected chi connectivity index (χ4v) is 3.21. The minimum Gasteiger partial charge on any atom is -0.507 e. The Morgan fingerprint density at radius 2 is 1.67 bits per heavy atom. The van der Waals surface area contributed by atoms with Crippen molar-refractivity contribution >= 4 is 11.3 Å². The van der Waals surface area contributed by atoms with Crippen LogP contribution in [0.1, 0.15) is 17.7 Å². The van der Waals surface area contributed by atoms with Gasteiger partial charge in [0.1, 0.15) is 10.8 Å². The summed E-state index contributed by atoms with van der Waals surface area (Å²) in [5.74, 6) is 0.294. The fraction of sp³-hybridized carbons (Fsp3) is 0.167. The van der Waals surface area contributed by atoms with E-state index in [9.17, 15) is 5.11 Å². The monoisotopic (exact) mass is 295 g/mol. The summed E-state index contributed by atoms with van der Waals surface area (Å²) in [5, 5.41) is 12.8. The molecule has 0 unspecified atom stereocenters. The highest BCUT2D eigenvalue weighted by Crippen LogP contribution is 2.31. The number of hydrogen-bond donors (Lipinski definition) is 1. The Kier molecular flexibility index (Phi) is 4.31. The second-order valence-electron chi connectivity index (χ2n) is 5.00. The number of aromatic nitrogens is 1. The van der Waals surface area contributed by atoms with Crippen molar-refractivity contribution in [2.75, 3.05) is 0 Å². The van der Waals surface area contributed by atoms with Gasteiger partial charge in [0.2, 0.25) is 0 Å². The van der Waals surface area contributed by atoms with E-state index in [2.05, 4.69) is 34.6 Å².